The van der Waals surface area contributed by atoms with E-state index in [4.69, 9.17) is 22.4 Å². The molecule has 13 heavy (non-hydrogen) atoms. The molecule has 76 valence electrons. The molecular formula is C6H15N5O2. The van der Waals surface area contributed by atoms with Gasteiger partial charge in [0.1, 0.15) is 6.04 Å². The summed E-state index contributed by atoms with van der Waals surface area (Å²) in [5.41, 5.74) is 12.6. The van der Waals surface area contributed by atoms with Gasteiger partial charge in [0, 0.05) is 6.54 Å². The predicted octanol–water partition coefficient (Wildman–Crippen LogP) is -2.04. The van der Waals surface area contributed by atoms with Gasteiger partial charge in [0.2, 0.25) is 5.96 Å². The number of rotatable bonds is 5. The van der Waals surface area contributed by atoms with Gasteiger partial charge < -0.3 is 16.6 Å². The zero-order valence-electron chi connectivity index (χ0n) is 7.23. The summed E-state index contributed by atoms with van der Waals surface area (Å²) in [5.74, 6) is 4.06. The first-order chi connectivity index (χ1) is 6.07. The number of aliphatic carboxylic acids is 1. The number of nitrogens with two attached hydrogens (primary N) is 3. The van der Waals surface area contributed by atoms with Crippen molar-refractivity contribution in [2.45, 2.75) is 18.9 Å². The molecule has 0 spiro atoms. The molecule has 0 aliphatic rings. The summed E-state index contributed by atoms with van der Waals surface area (Å²) in [6.07, 6.45) is 0.937. The molecule has 0 aliphatic heterocycles. The number of nitrogens with one attached hydrogen (secondary N) is 1. The minimum absolute atomic E-state index is 0.129. The van der Waals surface area contributed by atoms with Gasteiger partial charge in [0.15, 0.2) is 0 Å². The van der Waals surface area contributed by atoms with Gasteiger partial charge in [-0.25, -0.2) is 5.84 Å². The van der Waals surface area contributed by atoms with E-state index in [9.17, 15) is 4.79 Å². The summed E-state index contributed by atoms with van der Waals surface area (Å²) >= 11 is 0. The van der Waals surface area contributed by atoms with Crippen LogP contribution >= 0.6 is 0 Å². The summed E-state index contributed by atoms with van der Waals surface area (Å²) in [6, 6.07) is -0.831. The first-order valence-electron chi connectivity index (χ1n) is 3.83. The van der Waals surface area contributed by atoms with Gasteiger partial charge in [-0.1, -0.05) is 0 Å². The maximum Gasteiger partial charge on any atom is 0.320 e. The van der Waals surface area contributed by atoms with Crippen molar-refractivity contribution < 1.29 is 9.90 Å². The van der Waals surface area contributed by atoms with Crippen LogP contribution in [0.2, 0.25) is 0 Å². The molecule has 0 aromatic rings. The molecule has 0 bridgehead atoms. The summed E-state index contributed by atoms with van der Waals surface area (Å²) in [6.45, 7) is 0.414. The molecule has 1 atom stereocenters. The highest BCUT2D eigenvalue weighted by Crippen LogP contribution is 1.94. The summed E-state index contributed by atoms with van der Waals surface area (Å²) < 4.78 is 0. The van der Waals surface area contributed by atoms with Crippen molar-refractivity contribution in [2.24, 2.45) is 22.3 Å². The second-order valence-corrected chi connectivity index (χ2v) is 2.50. The topological polar surface area (TPSA) is 140 Å². The summed E-state index contributed by atoms with van der Waals surface area (Å²) in [5, 5.41) is 8.42. The van der Waals surface area contributed by atoms with Crippen molar-refractivity contribution in [3.05, 3.63) is 0 Å². The standard InChI is InChI=1S/C6H15N5O2/c7-4(5(12)13)2-1-3-10-6(8)11-9/h4H,1-3,7,9H2,(H,12,13)(H3,8,10,11). The highest BCUT2D eigenvalue weighted by molar-refractivity contribution is 5.77. The predicted molar refractivity (Wildman–Crippen MR) is 48.7 cm³/mol. The Hall–Kier alpha value is -1.34. The van der Waals surface area contributed by atoms with E-state index in [-0.39, 0.29) is 5.96 Å². The van der Waals surface area contributed by atoms with Crippen LogP contribution in [0.15, 0.2) is 4.99 Å². The molecule has 0 heterocycles. The van der Waals surface area contributed by atoms with Gasteiger partial charge >= 0.3 is 5.97 Å². The molecule has 8 N–H and O–H groups in total. The number of nitrogens with zero attached hydrogens (tertiary/aromatic N) is 1. The van der Waals surface area contributed by atoms with E-state index < -0.39 is 12.0 Å². The summed E-state index contributed by atoms with van der Waals surface area (Å²) in [7, 11) is 0. The van der Waals surface area contributed by atoms with Gasteiger partial charge in [-0.15, -0.1) is 0 Å². The number of carbonyl (C=O) groups is 1. The molecule has 0 saturated carbocycles. The lowest BCUT2D eigenvalue weighted by Crippen LogP contribution is -2.37. The van der Waals surface area contributed by atoms with Crippen molar-refractivity contribution in [3.63, 3.8) is 0 Å². The molecule has 1 unspecified atom stereocenters. The average Bonchev–Trinajstić information content (AvgIpc) is 2.11. The smallest absolute Gasteiger partial charge is 0.320 e. The number of hydrogen-bond acceptors (Lipinski definition) is 4. The normalized spacial score (nSPS) is 13.8. The maximum absolute atomic E-state index is 10.3. The number of hydrogen-bond donors (Lipinski definition) is 5. The molecule has 7 heteroatoms. The van der Waals surface area contributed by atoms with Crippen LogP contribution < -0.4 is 22.7 Å². The van der Waals surface area contributed by atoms with Crippen LogP contribution in [0, 0.1) is 0 Å². The Kier molecular flexibility index (Phi) is 5.57. The average molecular weight is 189 g/mol. The van der Waals surface area contributed by atoms with Crippen LogP contribution in [0.4, 0.5) is 0 Å². The Bertz CT molecular complexity index is 193. The fourth-order valence-electron chi connectivity index (χ4n) is 0.680. The van der Waals surface area contributed by atoms with E-state index in [1.807, 2.05) is 0 Å². The maximum atomic E-state index is 10.3. The molecule has 0 aromatic carbocycles. The molecular weight excluding hydrogens is 174 g/mol. The number of hydrazine groups is 1. The zero-order chi connectivity index (χ0) is 10.3. The lowest BCUT2D eigenvalue weighted by Gasteiger charge is -2.04. The monoisotopic (exact) mass is 189 g/mol. The molecule has 0 aliphatic carbocycles. The molecule has 0 amide bonds. The van der Waals surface area contributed by atoms with E-state index in [1.165, 1.54) is 0 Å². The second-order valence-electron chi connectivity index (χ2n) is 2.50. The fourth-order valence-corrected chi connectivity index (χ4v) is 0.680. The van der Waals surface area contributed by atoms with E-state index in [0.29, 0.717) is 19.4 Å². The lowest BCUT2D eigenvalue weighted by atomic mass is 10.2. The number of carboxylic acids is 1. The third-order valence-electron chi connectivity index (χ3n) is 1.42. The van der Waals surface area contributed by atoms with Crippen LogP contribution in [0.3, 0.4) is 0 Å². The summed E-state index contributed by atoms with van der Waals surface area (Å²) in [4.78, 5) is 14.0. The molecule has 0 aromatic heterocycles. The molecule has 0 fully saturated rings. The fraction of sp³-hybridized carbons (Fsp3) is 0.667. The SMILES string of the molecule is NNC(N)=NCCCC(N)C(=O)O. The third kappa shape index (κ3) is 5.88. The highest BCUT2D eigenvalue weighted by Gasteiger charge is 2.09. The minimum Gasteiger partial charge on any atom is -0.480 e. The van der Waals surface area contributed by atoms with E-state index in [0.717, 1.165) is 0 Å². The largest absolute Gasteiger partial charge is 0.480 e. The Morgan fingerprint density at radius 3 is 2.69 bits per heavy atom. The van der Waals surface area contributed by atoms with Crippen LogP contribution in [0.25, 0.3) is 0 Å². The van der Waals surface area contributed by atoms with Crippen molar-refractivity contribution in [1.29, 1.82) is 0 Å². The van der Waals surface area contributed by atoms with Crippen molar-refractivity contribution in [1.82, 2.24) is 5.43 Å². The zero-order valence-corrected chi connectivity index (χ0v) is 7.23. The van der Waals surface area contributed by atoms with Crippen LogP contribution in [-0.4, -0.2) is 29.6 Å². The highest BCUT2D eigenvalue weighted by atomic mass is 16.4. The van der Waals surface area contributed by atoms with Gasteiger partial charge in [-0.05, 0) is 12.8 Å². The Morgan fingerprint density at radius 2 is 2.23 bits per heavy atom. The van der Waals surface area contributed by atoms with Crippen molar-refractivity contribution in [2.75, 3.05) is 6.54 Å². The van der Waals surface area contributed by atoms with Gasteiger partial charge in [-0.2, -0.15) is 0 Å². The Labute approximate surface area is 76.0 Å². The van der Waals surface area contributed by atoms with Gasteiger partial charge in [0.05, 0.1) is 0 Å². The second kappa shape index (κ2) is 6.21. The van der Waals surface area contributed by atoms with Crippen LogP contribution in [0.5, 0.6) is 0 Å². The lowest BCUT2D eigenvalue weighted by molar-refractivity contribution is -0.138. The van der Waals surface area contributed by atoms with Crippen LogP contribution in [0.1, 0.15) is 12.8 Å². The molecule has 0 radical (unpaired) electrons. The third-order valence-corrected chi connectivity index (χ3v) is 1.42. The quantitative estimate of drug-likeness (QED) is 0.111. The van der Waals surface area contributed by atoms with Crippen molar-refractivity contribution in [3.8, 4) is 0 Å². The Balaban J connectivity index is 3.51. The Morgan fingerprint density at radius 1 is 1.62 bits per heavy atom. The molecule has 7 nitrogen and oxygen atoms in total. The minimum atomic E-state index is -1.01. The first-order valence-corrected chi connectivity index (χ1v) is 3.83. The van der Waals surface area contributed by atoms with E-state index in [1.54, 1.807) is 0 Å². The number of carboxylic acid groups (broad SMARTS) is 1. The van der Waals surface area contributed by atoms with Gasteiger partial charge in [-0.3, -0.25) is 15.2 Å². The van der Waals surface area contributed by atoms with Crippen LogP contribution in [-0.2, 0) is 4.79 Å². The first kappa shape index (κ1) is 11.7. The molecule has 0 saturated heterocycles. The van der Waals surface area contributed by atoms with E-state index >= 15 is 0 Å². The van der Waals surface area contributed by atoms with Gasteiger partial charge in [0.25, 0.3) is 0 Å². The van der Waals surface area contributed by atoms with Crippen molar-refractivity contribution >= 4 is 11.9 Å². The number of aliphatic imine (C=N–C) groups is 1. The number of guanidine groups is 1. The molecule has 0 rings (SSSR count). The van der Waals surface area contributed by atoms with E-state index in [2.05, 4.69) is 10.4 Å².